The van der Waals surface area contributed by atoms with E-state index in [4.69, 9.17) is 12.2 Å². The number of H-pyrrole nitrogens is 1. The summed E-state index contributed by atoms with van der Waals surface area (Å²) < 4.78 is 3.64. The molecule has 0 spiro atoms. The van der Waals surface area contributed by atoms with Crippen molar-refractivity contribution in [3.05, 3.63) is 43.1 Å². The molecule has 148 valence electrons. The standard InChI is InChI=1S/C18H20BrN5OS3/c19-15-4-3-13(28-15)12-22-7-9-23(10-8-22)16(25)5-6-24-17(20-21-18(24)26)14-2-1-11-27-14/h1-4,11H,5-10,12H2,(H,21,26). The van der Waals surface area contributed by atoms with Crippen LogP contribution in [0.1, 0.15) is 11.3 Å². The van der Waals surface area contributed by atoms with Crippen LogP contribution in [0.2, 0.25) is 0 Å². The second kappa shape index (κ2) is 9.00. The molecule has 28 heavy (non-hydrogen) atoms. The van der Waals surface area contributed by atoms with Gasteiger partial charge in [0.1, 0.15) is 0 Å². The molecule has 3 aromatic rings. The van der Waals surface area contributed by atoms with Crippen molar-refractivity contribution in [3.8, 4) is 10.7 Å². The lowest BCUT2D eigenvalue weighted by Gasteiger charge is -2.34. The van der Waals surface area contributed by atoms with Crippen LogP contribution in [-0.4, -0.2) is 56.7 Å². The Labute approximate surface area is 184 Å². The third-order valence-electron chi connectivity index (χ3n) is 4.78. The topological polar surface area (TPSA) is 57.2 Å². The summed E-state index contributed by atoms with van der Waals surface area (Å²) in [6.45, 7) is 4.87. The Morgan fingerprint density at radius 2 is 2.07 bits per heavy atom. The average Bonchev–Trinajstić information content (AvgIpc) is 3.42. The van der Waals surface area contributed by atoms with Gasteiger partial charge in [0, 0.05) is 50.6 Å². The highest BCUT2D eigenvalue weighted by Crippen LogP contribution is 2.24. The molecule has 0 aliphatic carbocycles. The normalized spacial score (nSPS) is 15.2. The van der Waals surface area contributed by atoms with E-state index in [-0.39, 0.29) is 5.91 Å². The zero-order valence-electron chi connectivity index (χ0n) is 15.1. The van der Waals surface area contributed by atoms with Crippen LogP contribution in [0, 0.1) is 4.77 Å². The van der Waals surface area contributed by atoms with E-state index in [1.165, 1.54) is 4.88 Å². The molecule has 10 heteroatoms. The molecule has 0 radical (unpaired) electrons. The van der Waals surface area contributed by atoms with Crippen molar-refractivity contribution in [1.29, 1.82) is 0 Å². The Bertz CT molecular complexity index is 985. The molecule has 6 nitrogen and oxygen atoms in total. The van der Waals surface area contributed by atoms with E-state index < -0.39 is 0 Å². The van der Waals surface area contributed by atoms with E-state index in [0.717, 1.165) is 47.2 Å². The van der Waals surface area contributed by atoms with Crippen molar-refractivity contribution in [3.63, 3.8) is 0 Å². The van der Waals surface area contributed by atoms with Crippen LogP contribution in [0.15, 0.2) is 33.4 Å². The third-order valence-corrected chi connectivity index (χ3v) is 7.57. The highest BCUT2D eigenvalue weighted by molar-refractivity contribution is 9.11. The molecule has 4 heterocycles. The second-order valence-corrected chi connectivity index (χ2v) is 10.5. The van der Waals surface area contributed by atoms with E-state index in [9.17, 15) is 4.79 Å². The first-order chi connectivity index (χ1) is 13.6. The molecule has 1 aliphatic rings. The van der Waals surface area contributed by atoms with Crippen LogP contribution in [0.4, 0.5) is 0 Å². The minimum absolute atomic E-state index is 0.179. The maximum atomic E-state index is 12.7. The molecule has 1 fully saturated rings. The number of nitrogens with zero attached hydrogens (tertiary/aromatic N) is 4. The van der Waals surface area contributed by atoms with Gasteiger partial charge < -0.3 is 4.90 Å². The zero-order chi connectivity index (χ0) is 19.5. The molecule has 0 aromatic carbocycles. The Balaban J connectivity index is 1.30. The molecular weight excluding hydrogens is 478 g/mol. The van der Waals surface area contributed by atoms with Gasteiger partial charge >= 0.3 is 0 Å². The first kappa shape index (κ1) is 20.0. The van der Waals surface area contributed by atoms with Gasteiger partial charge in [-0.1, -0.05) is 6.07 Å². The van der Waals surface area contributed by atoms with Crippen LogP contribution in [-0.2, 0) is 17.9 Å². The van der Waals surface area contributed by atoms with E-state index in [0.29, 0.717) is 17.7 Å². The summed E-state index contributed by atoms with van der Waals surface area (Å²) in [5.74, 6) is 0.985. The lowest BCUT2D eigenvalue weighted by Crippen LogP contribution is -2.48. The van der Waals surface area contributed by atoms with E-state index in [1.807, 2.05) is 27.0 Å². The summed E-state index contributed by atoms with van der Waals surface area (Å²) >= 11 is 12.2. The Morgan fingerprint density at radius 3 is 2.75 bits per heavy atom. The molecular formula is C18H20BrN5OS3. The van der Waals surface area contributed by atoms with Crippen molar-refractivity contribution >= 4 is 56.7 Å². The molecule has 0 bridgehead atoms. The quantitative estimate of drug-likeness (QED) is 0.517. The van der Waals surface area contributed by atoms with Crippen molar-refractivity contribution in [2.24, 2.45) is 0 Å². The van der Waals surface area contributed by atoms with Crippen molar-refractivity contribution in [1.82, 2.24) is 24.6 Å². The number of aromatic amines is 1. The van der Waals surface area contributed by atoms with Crippen molar-refractivity contribution in [2.45, 2.75) is 19.5 Å². The van der Waals surface area contributed by atoms with E-state index in [2.05, 4.69) is 43.2 Å². The van der Waals surface area contributed by atoms with Crippen LogP contribution in [0.5, 0.6) is 0 Å². The number of rotatable bonds is 6. The first-order valence-corrected chi connectivity index (χ1v) is 11.9. The third kappa shape index (κ3) is 4.62. The lowest BCUT2D eigenvalue weighted by molar-refractivity contribution is -0.133. The molecule has 1 aliphatic heterocycles. The molecule has 0 atom stereocenters. The fraction of sp³-hybridized carbons (Fsp3) is 0.389. The fourth-order valence-electron chi connectivity index (χ4n) is 3.30. The molecule has 3 aromatic heterocycles. The monoisotopic (exact) mass is 497 g/mol. The summed E-state index contributed by atoms with van der Waals surface area (Å²) in [4.78, 5) is 19.5. The zero-order valence-corrected chi connectivity index (χ0v) is 19.2. The van der Waals surface area contributed by atoms with Gasteiger partial charge in [-0.3, -0.25) is 19.4 Å². The highest BCUT2D eigenvalue weighted by Gasteiger charge is 2.22. The van der Waals surface area contributed by atoms with Crippen LogP contribution in [0.3, 0.4) is 0 Å². The van der Waals surface area contributed by atoms with Crippen LogP contribution < -0.4 is 0 Å². The number of nitrogens with one attached hydrogen (secondary N) is 1. The molecule has 0 saturated carbocycles. The number of halogens is 1. The number of carbonyl (C=O) groups excluding carboxylic acids is 1. The number of hydrogen-bond acceptors (Lipinski definition) is 6. The van der Waals surface area contributed by atoms with Gasteiger partial charge in [0.15, 0.2) is 10.6 Å². The summed E-state index contributed by atoms with van der Waals surface area (Å²) in [5, 5.41) is 9.18. The van der Waals surface area contributed by atoms with Gasteiger partial charge in [0.2, 0.25) is 5.91 Å². The number of hydrogen-bond donors (Lipinski definition) is 1. The molecule has 0 unspecified atom stereocenters. The van der Waals surface area contributed by atoms with Crippen LogP contribution >= 0.6 is 50.8 Å². The van der Waals surface area contributed by atoms with Gasteiger partial charge in [-0.25, -0.2) is 0 Å². The summed E-state index contributed by atoms with van der Waals surface area (Å²) in [6.07, 6.45) is 0.435. The summed E-state index contributed by atoms with van der Waals surface area (Å²) in [6, 6.07) is 8.25. The molecule has 1 saturated heterocycles. The number of aromatic nitrogens is 3. The smallest absolute Gasteiger partial charge is 0.224 e. The Morgan fingerprint density at radius 1 is 1.25 bits per heavy atom. The number of amides is 1. The van der Waals surface area contributed by atoms with Crippen molar-refractivity contribution in [2.75, 3.05) is 26.2 Å². The minimum atomic E-state index is 0.179. The fourth-order valence-corrected chi connectivity index (χ4v) is 5.77. The molecule has 1 N–H and O–H groups in total. The maximum absolute atomic E-state index is 12.7. The maximum Gasteiger partial charge on any atom is 0.224 e. The van der Waals surface area contributed by atoms with Crippen LogP contribution in [0.25, 0.3) is 10.7 Å². The highest BCUT2D eigenvalue weighted by atomic mass is 79.9. The Hall–Kier alpha value is -1.33. The predicted octanol–water partition coefficient (Wildman–Crippen LogP) is 4.23. The Kier molecular flexibility index (Phi) is 6.42. The van der Waals surface area contributed by atoms with Gasteiger partial charge in [0.05, 0.1) is 8.66 Å². The largest absolute Gasteiger partial charge is 0.340 e. The summed E-state index contributed by atoms with van der Waals surface area (Å²) in [7, 11) is 0. The predicted molar refractivity (Wildman–Crippen MR) is 119 cm³/mol. The average molecular weight is 498 g/mol. The first-order valence-electron chi connectivity index (χ1n) is 9.03. The SMILES string of the molecule is O=C(CCn1c(-c2cccs2)n[nH]c1=S)N1CCN(Cc2ccc(Br)s2)CC1. The molecule has 4 rings (SSSR count). The van der Waals surface area contributed by atoms with Gasteiger partial charge in [-0.05, 0) is 51.7 Å². The van der Waals surface area contributed by atoms with E-state index >= 15 is 0 Å². The lowest BCUT2D eigenvalue weighted by atomic mass is 10.2. The minimum Gasteiger partial charge on any atom is -0.340 e. The number of thiophene rings is 2. The number of piperazine rings is 1. The second-order valence-electron chi connectivity index (χ2n) is 6.59. The van der Waals surface area contributed by atoms with Crippen molar-refractivity contribution < 1.29 is 4.79 Å². The number of carbonyl (C=O) groups is 1. The van der Waals surface area contributed by atoms with Gasteiger partial charge in [-0.15, -0.1) is 22.7 Å². The summed E-state index contributed by atoms with van der Waals surface area (Å²) in [5.41, 5.74) is 0. The van der Waals surface area contributed by atoms with Gasteiger partial charge in [0.25, 0.3) is 0 Å². The molecule has 1 amide bonds. The van der Waals surface area contributed by atoms with Gasteiger partial charge in [-0.2, -0.15) is 5.10 Å². The van der Waals surface area contributed by atoms with E-state index in [1.54, 1.807) is 22.7 Å².